The van der Waals surface area contributed by atoms with Gasteiger partial charge in [-0.2, -0.15) is 0 Å². The molecule has 5 nitrogen and oxygen atoms in total. The summed E-state index contributed by atoms with van der Waals surface area (Å²) in [7, 11) is 1.36. The van der Waals surface area contributed by atoms with E-state index in [1.54, 1.807) is 23.0 Å². The summed E-state index contributed by atoms with van der Waals surface area (Å²) in [5, 5.41) is 0. The van der Waals surface area contributed by atoms with Crippen molar-refractivity contribution in [2.75, 3.05) is 7.11 Å². The van der Waals surface area contributed by atoms with E-state index in [9.17, 15) is 4.79 Å². The summed E-state index contributed by atoms with van der Waals surface area (Å²) < 4.78 is 12.0. The number of aromatic nitrogens is 2. The first-order chi connectivity index (χ1) is 10.3. The van der Waals surface area contributed by atoms with Crippen molar-refractivity contribution in [3.05, 3.63) is 66.3 Å². The van der Waals surface area contributed by atoms with Gasteiger partial charge < -0.3 is 13.7 Å². The zero-order valence-corrected chi connectivity index (χ0v) is 11.5. The molecule has 0 saturated carbocycles. The molecule has 0 N–H and O–H groups in total. The predicted octanol–water partition coefficient (Wildman–Crippen LogP) is 2.98. The van der Waals surface area contributed by atoms with E-state index in [0.29, 0.717) is 18.1 Å². The van der Waals surface area contributed by atoms with E-state index < -0.39 is 0 Å². The summed E-state index contributed by atoms with van der Waals surface area (Å²) >= 11 is 0. The summed E-state index contributed by atoms with van der Waals surface area (Å²) in [5.74, 6) is 0.198. The Morgan fingerprint density at radius 1 is 1.24 bits per heavy atom. The average molecular weight is 282 g/mol. The Balaban J connectivity index is 1.82. The van der Waals surface area contributed by atoms with E-state index in [4.69, 9.17) is 9.15 Å². The fourth-order valence-corrected chi connectivity index (χ4v) is 2.11. The Hall–Kier alpha value is -2.82. The normalized spacial score (nSPS) is 10.5. The molecule has 0 aliphatic heterocycles. The summed E-state index contributed by atoms with van der Waals surface area (Å²) in [5.41, 5.74) is 2.15. The first-order valence-electron chi connectivity index (χ1n) is 6.51. The summed E-state index contributed by atoms with van der Waals surface area (Å²) in [4.78, 5) is 16.1. The third-order valence-electron chi connectivity index (χ3n) is 3.13. The van der Waals surface area contributed by atoms with Gasteiger partial charge in [0.1, 0.15) is 12.0 Å². The van der Waals surface area contributed by atoms with Crippen molar-refractivity contribution in [3.63, 3.8) is 0 Å². The van der Waals surface area contributed by atoms with E-state index >= 15 is 0 Å². The quantitative estimate of drug-likeness (QED) is 0.690. The van der Waals surface area contributed by atoms with Crippen LogP contribution in [0.1, 0.15) is 16.2 Å². The molecule has 0 aliphatic carbocycles. The third kappa shape index (κ3) is 2.72. The van der Waals surface area contributed by atoms with Crippen LogP contribution in [0.25, 0.3) is 11.5 Å². The van der Waals surface area contributed by atoms with Crippen molar-refractivity contribution in [2.24, 2.45) is 0 Å². The number of ether oxygens (including phenoxy) is 1. The van der Waals surface area contributed by atoms with Gasteiger partial charge in [0.25, 0.3) is 0 Å². The Bertz CT molecular complexity index is 744. The van der Waals surface area contributed by atoms with Crippen LogP contribution in [0.4, 0.5) is 0 Å². The minimum absolute atomic E-state index is 0.369. The highest BCUT2D eigenvalue weighted by molar-refractivity contribution is 5.87. The van der Waals surface area contributed by atoms with Crippen LogP contribution in [0.5, 0.6) is 0 Å². The smallest absolute Gasteiger partial charge is 0.354 e. The number of methoxy groups -OCH3 is 1. The summed E-state index contributed by atoms with van der Waals surface area (Å²) in [6.07, 6.45) is 3.41. The number of hydrogen-bond acceptors (Lipinski definition) is 4. The van der Waals surface area contributed by atoms with Crippen LogP contribution in [-0.4, -0.2) is 22.6 Å². The highest BCUT2D eigenvalue weighted by Gasteiger charge is 2.13. The van der Waals surface area contributed by atoms with Gasteiger partial charge >= 0.3 is 5.97 Å². The molecular weight excluding hydrogens is 268 g/mol. The van der Waals surface area contributed by atoms with Gasteiger partial charge in [-0.15, -0.1) is 0 Å². The van der Waals surface area contributed by atoms with E-state index in [-0.39, 0.29) is 5.97 Å². The van der Waals surface area contributed by atoms with Crippen molar-refractivity contribution in [1.29, 1.82) is 0 Å². The molecule has 21 heavy (non-hydrogen) atoms. The Labute approximate surface area is 121 Å². The molecule has 3 aromatic rings. The molecule has 0 radical (unpaired) electrons. The molecule has 5 heteroatoms. The second-order valence-electron chi connectivity index (χ2n) is 4.52. The second kappa shape index (κ2) is 5.66. The molecule has 1 aromatic carbocycles. The topological polar surface area (TPSA) is 57.3 Å². The maximum Gasteiger partial charge on any atom is 0.354 e. The van der Waals surface area contributed by atoms with Crippen LogP contribution < -0.4 is 0 Å². The van der Waals surface area contributed by atoms with Crippen molar-refractivity contribution >= 4 is 5.97 Å². The average Bonchev–Trinajstić information content (AvgIpc) is 3.17. The fraction of sp³-hybridized carbons (Fsp3) is 0.125. The van der Waals surface area contributed by atoms with Crippen LogP contribution in [0.15, 0.2) is 59.3 Å². The van der Waals surface area contributed by atoms with Gasteiger partial charge in [-0.05, 0) is 24.3 Å². The molecule has 0 spiro atoms. The number of esters is 1. The molecule has 0 amide bonds. The molecule has 0 bridgehead atoms. The number of carbonyl (C=O) groups excluding carboxylic acids is 1. The lowest BCUT2D eigenvalue weighted by Crippen LogP contribution is -2.10. The van der Waals surface area contributed by atoms with Gasteiger partial charge in [-0.25, -0.2) is 9.78 Å². The van der Waals surface area contributed by atoms with Crippen molar-refractivity contribution in [1.82, 2.24) is 9.55 Å². The summed E-state index contributed by atoms with van der Waals surface area (Å²) in [6.45, 7) is 0.452. The minimum atomic E-state index is -0.369. The van der Waals surface area contributed by atoms with Gasteiger partial charge in [-0.3, -0.25) is 0 Å². The van der Waals surface area contributed by atoms with Crippen LogP contribution in [0.2, 0.25) is 0 Å². The molecule has 0 saturated heterocycles. The maximum atomic E-state index is 11.6. The zero-order chi connectivity index (χ0) is 14.7. The molecule has 3 rings (SSSR count). The van der Waals surface area contributed by atoms with Gasteiger partial charge in [-0.1, -0.05) is 18.2 Å². The van der Waals surface area contributed by atoms with E-state index in [1.165, 1.54) is 7.11 Å². The first kappa shape index (κ1) is 13.2. The number of benzene rings is 1. The maximum absolute atomic E-state index is 11.6. The number of oxazole rings is 1. The van der Waals surface area contributed by atoms with Gasteiger partial charge in [0.15, 0.2) is 0 Å². The number of nitrogens with zero attached hydrogens (tertiary/aromatic N) is 2. The van der Waals surface area contributed by atoms with Crippen LogP contribution in [0, 0.1) is 0 Å². The first-order valence-corrected chi connectivity index (χ1v) is 6.51. The molecule has 0 atom stereocenters. The standard InChI is InChI=1S/C16H14N2O3/c1-20-16(19)14-8-5-9-18(14)10-13-11-21-15(17-13)12-6-3-2-4-7-12/h2-9,11H,10H2,1H3. The van der Waals surface area contributed by atoms with Crippen LogP contribution in [0.3, 0.4) is 0 Å². The van der Waals surface area contributed by atoms with Gasteiger partial charge in [0.2, 0.25) is 5.89 Å². The number of rotatable bonds is 4. The zero-order valence-electron chi connectivity index (χ0n) is 11.5. The van der Waals surface area contributed by atoms with Crippen molar-refractivity contribution < 1.29 is 13.9 Å². The van der Waals surface area contributed by atoms with Crippen molar-refractivity contribution in [3.8, 4) is 11.5 Å². The molecule has 106 valence electrons. The van der Waals surface area contributed by atoms with Crippen LogP contribution in [-0.2, 0) is 11.3 Å². The molecule has 0 aliphatic rings. The Morgan fingerprint density at radius 2 is 2.05 bits per heavy atom. The molecule has 0 unspecified atom stereocenters. The lowest BCUT2D eigenvalue weighted by atomic mass is 10.2. The highest BCUT2D eigenvalue weighted by atomic mass is 16.5. The summed E-state index contributed by atoms with van der Waals surface area (Å²) in [6, 6.07) is 13.2. The molecule has 0 fully saturated rings. The van der Waals surface area contributed by atoms with Crippen LogP contribution >= 0.6 is 0 Å². The fourth-order valence-electron chi connectivity index (χ4n) is 2.11. The van der Waals surface area contributed by atoms with E-state index in [0.717, 1.165) is 11.3 Å². The Morgan fingerprint density at radius 3 is 2.81 bits per heavy atom. The van der Waals surface area contributed by atoms with E-state index in [1.807, 2.05) is 36.5 Å². The molecule has 2 heterocycles. The Kier molecular flexibility index (Phi) is 3.55. The lowest BCUT2D eigenvalue weighted by molar-refractivity contribution is 0.0589. The number of hydrogen-bond donors (Lipinski definition) is 0. The molecular formula is C16H14N2O3. The largest absolute Gasteiger partial charge is 0.464 e. The van der Waals surface area contributed by atoms with E-state index in [2.05, 4.69) is 4.98 Å². The predicted molar refractivity (Wildman–Crippen MR) is 76.8 cm³/mol. The SMILES string of the molecule is COC(=O)c1cccn1Cc1coc(-c2ccccc2)n1. The second-order valence-corrected chi connectivity index (χ2v) is 4.52. The number of carbonyl (C=O) groups is 1. The molecule has 2 aromatic heterocycles. The third-order valence-corrected chi connectivity index (χ3v) is 3.13. The lowest BCUT2D eigenvalue weighted by Gasteiger charge is -2.04. The minimum Gasteiger partial charge on any atom is -0.464 e. The monoisotopic (exact) mass is 282 g/mol. The van der Waals surface area contributed by atoms with Gasteiger partial charge in [0, 0.05) is 11.8 Å². The van der Waals surface area contributed by atoms with Gasteiger partial charge in [0.05, 0.1) is 19.3 Å². The van der Waals surface area contributed by atoms with Crippen molar-refractivity contribution in [2.45, 2.75) is 6.54 Å². The highest BCUT2D eigenvalue weighted by Crippen LogP contribution is 2.18.